The monoisotopic (exact) mass is 277 g/mol. The van der Waals surface area contributed by atoms with Crippen molar-refractivity contribution in [2.24, 2.45) is 0 Å². The van der Waals surface area contributed by atoms with Crippen LogP contribution in [0.4, 0.5) is 0 Å². The summed E-state index contributed by atoms with van der Waals surface area (Å²) in [4.78, 5) is 8.79. The van der Waals surface area contributed by atoms with Crippen LogP contribution in [0, 0.1) is 6.92 Å². The molecule has 0 aliphatic carbocycles. The van der Waals surface area contributed by atoms with Crippen molar-refractivity contribution < 1.29 is 4.74 Å². The fourth-order valence-corrected chi connectivity index (χ4v) is 2.53. The predicted octanol–water partition coefficient (Wildman–Crippen LogP) is 2.94. The first-order chi connectivity index (χ1) is 9.24. The highest BCUT2D eigenvalue weighted by Gasteiger charge is 2.15. The van der Waals surface area contributed by atoms with Crippen LogP contribution in [0.15, 0.2) is 23.8 Å². The van der Waals surface area contributed by atoms with Crippen LogP contribution in [-0.4, -0.2) is 23.6 Å². The Bertz CT molecular complexity index is 527. The number of hydrogen-bond acceptors (Lipinski definition) is 5. The fourth-order valence-electron chi connectivity index (χ4n) is 1.89. The van der Waals surface area contributed by atoms with Crippen LogP contribution in [-0.2, 0) is 0 Å². The number of aryl methyl sites for hydroxylation is 1. The van der Waals surface area contributed by atoms with Crippen molar-refractivity contribution in [3.8, 4) is 5.75 Å². The van der Waals surface area contributed by atoms with Crippen LogP contribution in [0.3, 0.4) is 0 Å². The Morgan fingerprint density at radius 1 is 1.42 bits per heavy atom. The average molecular weight is 277 g/mol. The number of aromatic nitrogens is 2. The Kier molecular flexibility index (Phi) is 4.87. The molecule has 0 aliphatic heterocycles. The molecule has 102 valence electrons. The lowest BCUT2D eigenvalue weighted by molar-refractivity contribution is 0.315. The predicted molar refractivity (Wildman–Crippen MR) is 77.8 cm³/mol. The molecule has 2 aromatic heterocycles. The first kappa shape index (κ1) is 14.0. The number of rotatable bonds is 6. The third-order valence-electron chi connectivity index (χ3n) is 2.76. The number of nitrogens with zero attached hydrogens (tertiary/aromatic N) is 2. The van der Waals surface area contributed by atoms with E-state index in [2.05, 4.69) is 27.6 Å². The molecule has 0 saturated heterocycles. The normalized spacial score (nSPS) is 12.4. The lowest BCUT2D eigenvalue weighted by Gasteiger charge is -2.15. The number of ether oxygens (including phenoxy) is 1. The molecule has 0 amide bonds. The van der Waals surface area contributed by atoms with Crippen LogP contribution in [0.2, 0.25) is 0 Å². The maximum absolute atomic E-state index is 5.62. The summed E-state index contributed by atoms with van der Waals surface area (Å²) >= 11 is 1.66. The van der Waals surface area contributed by atoms with Gasteiger partial charge in [-0.2, -0.15) is 0 Å². The van der Waals surface area contributed by atoms with Crippen molar-refractivity contribution >= 4 is 11.3 Å². The summed E-state index contributed by atoms with van der Waals surface area (Å²) in [5, 5.41) is 6.43. The van der Waals surface area contributed by atoms with Gasteiger partial charge in [-0.1, -0.05) is 6.92 Å². The minimum Gasteiger partial charge on any atom is -0.492 e. The van der Waals surface area contributed by atoms with Crippen molar-refractivity contribution in [3.05, 3.63) is 40.1 Å². The molecule has 1 unspecified atom stereocenters. The van der Waals surface area contributed by atoms with Gasteiger partial charge in [0, 0.05) is 11.6 Å². The summed E-state index contributed by atoms with van der Waals surface area (Å²) in [5.74, 6) is 0.812. The van der Waals surface area contributed by atoms with Crippen LogP contribution >= 0.6 is 11.3 Å². The maximum Gasteiger partial charge on any atom is 0.137 e. The van der Waals surface area contributed by atoms with Gasteiger partial charge in [0.25, 0.3) is 0 Å². The quantitative estimate of drug-likeness (QED) is 0.882. The molecular weight excluding hydrogens is 258 g/mol. The van der Waals surface area contributed by atoms with Gasteiger partial charge in [0.2, 0.25) is 0 Å². The molecule has 0 bridgehead atoms. The Hall–Kier alpha value is -1.46. The summed E-state index contributed by atoms with van der Waals surface area (Å²) in [7, 11) is 1.93. The standard InChI is InChI=1S/C14H19N3OS/c1-4-5-18-12-6-11(7-16-8-12)14(15-3)13-9-19-10(2)17-13/h6-9,14-15H,4-5H2,1-3H3. The minimum atomic E-state index is 0.0580. The van der Waals surface area contributed by atoms with E-state index < -0.39 is 0 Å². The van der Waals surface area contributed by atoms with E-state index in [-0.39, 0.29) is 6.04 Å². The van der Waals surface area contributed by atoms with E-state index in [1.165, 1.54) is 0 Å². The zero-order valence-electron chi connectivity index (χ0n) is 11.5. The van der Waals surface area contributed by atoms with Gasteiger partial charge in [-0.15, -0.1) is 11.3 Å². The lowest BCUT2D eigenvalue weighted by Crippen LogP contribution is -2.18. The molecular formula is C14H19N3OS. The maximum atomic E-state index is 5.62. The summed E-state index contributed by atoms with van der Waals surface area (Å²) in [5.41, 5.74) is 2.10. The molecule has 2 aromatic rings. The molecule has 0 aliphatic rings. The minimum absolute atomic E-state index is 0.0580. The second-order valence-corrected chi connectivity index (χ2v) is 5.38. The van der Waals surface area contributed by atoms with Crippen LogP contribution in [0.25, 0.3) is 0 Å². The number of nitrogens with one attached hydrogen (secondary N) is 1. The van der Waals surface area contributed by atoms with Gasteiger partial charge in [0.15, 0.2) is 0 Å². The molecule has 1 atom stereocenters. The topological polar surface area (TPSA) is 47.0 Å². The lowest BCUT2D eigenvalue weighted by atomic mass is 10.1. The van der Waals surface area contributed by atoms with Crippen molar-refractivity contribution in [1.29, 1.82) is 0 Å². The largest absolute Gasteiger partial charge is 0.492 e. The van der Waals surface area contributed by atoms with E-state index in [9.17, 15) is 0 Å². The Balaban J connectivity index is 2.23. The van der Waals surface area contributed by atoms with Gasteiger partial charge in [-0.05, 0) is 32.0 Å². The van der Waals surface area contributed by atoms with E-state index in [0.717, 1.165) is 28.4 Å². The molecule has 2 heterocycles. The highest BCUT2D eigenvalue weighted by molar-refractivity contribution is 7.09. The second-order valence-electron chi connectivity index (χ2n) is 4.32. The summed E-state index contributed by atoms with van der Waals surface area (Å²) < 4.78 is 5.62. The highest BCUT2D eigenvalue weighted by Crippen LogP contribution is 2.25. The van der Waals surface area contributed by atoms with Gasteiger partial charge in [-0.25, -0.2) is 4.98 Å². The molecule has 19 heavy (non-hydrogen) atoms. The van der Waals surface area contributed by atoms with E-state index in [1.807, 2.05) is 26.2 Å². The van der Waals surface area contributed by atoms with E-state index in [0.29, 0.717) is 6.61 Å². The number of thiazole rings is 1. The third-order valence-corrected chi connectivity index (χ3v) is 3.55. The Morgan fingerprint density at radius 2 is 2.26 bits per heavy atom. The number of pyridine rings is 1. The summed E-state index contributed by atoms with van der Waals surface area (Å²) in [6.07, 6.45) is 4.60. The molecule has 2 rings (SSSR count). The molecule has 0 fully saturated rings. The smallest absolute Gasteiger partial charge is 0.137 e. The highest BCUT2D eigenvalue weighted by atomic mass is 32.1. The first-order valence-corrected chi connectivity index (χ1v) is 7.29. The molecule has 0 saturated carbocycles. The van der Waals surface area contributed by atoms with Gasteiger partial charge in [0.05, 0.1) is 29.5 Å². The van der Waals surface area contributed by atoms with Crippen molar-refractivity contribution in [1.82, 2.24) is 15.3 Å². The molecule has 1 N–H and O–H groups in total. The molecule has 0 spiro atoms. The van der Waals surface area contributed by atoms with Crippen LogP contribution in [0.5, 0.6) is 5.75 Å². The van der Waals surface area contributed by atoms with Crippen LogP contribution < -0.4 is 10.1 Å². The van der Waals surface area contributed by atoms with Crippen molar-refractivity contribution in [2.75, 3.05) is 13.7 Å². The summed E-state index contributed by atoms with van der Waals surface area (Å²) in [6.45, 7) is 4.82. The van der Waals surface area contributed by atoms with E-state index in [1.54, 1.807) is 17.5 Å². The van der Waals surface area contributed by atoms with Crippen LogP contribution in [0.1, 0.15) is 35.7 Å². The Morgan fingerprint density at radius 3 is 2.89 bits per heavy atom. The first-order valence-electron chi connectivity index (χ1n) is 6.41. The SMILES string of the molecule is CCCOc1cncc(C(NC)c2csc(C)n2)c1. The third kappa shape index (κ3) is 3.52. The molecule has 0 radical (unpaired) electrons. The van der Waals surface area contributed by atoms with E-state index in [4.69, 9.17) is 4.74 Å². The molecule has 0 aromatic carbocycles. The molecule has 4 nitrogen and oxygen atoms in total. The molecule has 5 heteroatoms. The van der Waals surface area contributed by atoms with Crippen molar-refractivity contribution in [2.45, 2.75) is 26.3 Å². The van der Waals surface area contributed by atoms with Gasteiger partial charge >= 0.3 is 0 Å². The zero-order valence-corrected chi connectivity index (χ0v) is 12.3. The Labute approximate surface area is 117 Å². The summed E-state index contributed by atoms with van der Waals surface area (Å²) in [6, 6.07) is 2.08. The van der Waals surface area contributed by atoms with Gasteiger partial charge in [0.1, 0.15) is 5.75 Å². The van der Waals surface area contributed by atoms with Gasteiger partial charge in [-0.3, -0.25) is 4.98 Å². The number of hydrogen-bond donors (Lipinski definition) is 1. The van der Waals surface area contributed by atoms with E-state index >= 15 is 0 Å². The van der Waals surface area contributed by atoms with Crippen molar-refractivity contribution in [3.63, 3.8) is 0 Å². The average Bonchev–Trinajstić information content (AvgIpc) is 2.84. The zero-order chi connectivity index (χ0) is 13.7. The van der Waals surface area contributed by atoms with Gasteiger partial charge < -0.3 is 10.1 Å². The second kappa shape index (κ2) is 6.63. The fraction of sp³-hybridized carbons (Fsp3) is 0.429.